The highest BCUT2D eigenvalue weighted by Crippen LogP contribution is 2.21. The Bertz CT molecular complexity index is 1010. The minimum absolute atomic E-state index is 0.0813. The fourth-order valence-corrected chi connectivity index (χ4v) is 3.32. The lowest BCUT2D eigenvalue weighted by Crippen LogP contribution is -2.34. The molecule has 0 aliphatic carbocycles. The van der Waals surface area contributed by atoms with Crippen LogP contribution in [0.15, 0.2) is 78.9 Å². The molecule has 1 atom stereocenters. The van der Waals surface area contributed by atoms with Crippen molar-refractivity contribution in [2.45, 2.75) is 19.0 Å². The van der Waals surface area contributed by atoms with E-state index in [1.54, 1.807) is 48.3 Å². The predicted molar refractivity (Wildman–Crippen MR) is 116 cm³/mol. The predicted octanol–water partition coefficient (Wildman–Crippen LogP) is 5.00. The molecule has 4 nitrogen and oxygen atoms in total. The first-order valence-corrected chi connectivity index (χ1v) is 9.90. The Labute approximate surface area is 180 Å². The summed E-state index contributed by atoms with van der Waals surface area (Å²) in [5.74, 6) is -0.810. The van der Waals surface area contributed by atoms with Crippen molar-refractivity contribution >= 4 is 23.4 Å². The number of nitrogens with one attached hydrogen (secondary N) is 1. The molecule has 0 spiro atoms. The first-order valence-electron chi connectivity index (χ1n) is 9.53. The number of rotatable bonds is 7. The van der Waals surface area contributed by atoms with E-state index in [0.29, 0.717) is 17.1 Å². The van der Waals surface area contributed by atoms with Gasteiger partial charge in [0, 0.05) is 13.6 Å². The third-order valence-electron chi connectivity index (χ3n) is 4.76. The van der Waals surface area contributed by atoms with Crippen LogP contribution in [0.4, 0.5) is 4.39 Å². The molecular weight excluding hydrogens is 403 g/mol. The molecule has 0 heterocycles. The molecule has 0 bridgehead atoms. The van der Waals surface area contributed by atoms with Gasteiger partial charge in [-0.1, -0.05) is 66.2 Å². The highest BCUT2D eigenvalue weighted by molar-refractivity contribution is 6.33. The zero-order chi connectivity index (χ0) is 21.5. The van der Waals surface area contributed by atoms with Gasteiger partial charge < -0.3 is 10.2 Å². The van der Waals surface area contributed by atoms with Gasteiger partial charge in [-0.2, -0.15) is 0 Å². The van der Waals surface area contributed by atoms with Crippen molar-refractivity contribution in [2.24, 2.45) is 0 Å². The number of hydrogen-bond acceptors (Lipinski definition) is 2. The second kappa shape index (κ2) is 10.0. The summed E-state index contributed by atoms with van der Waals surface area (Å²) in [7, 11) is 1.68. The van der Waals surface area contributed by atoms with Crippen LogP contribution in [-0.4, -0.2) is 23.8 Å². The van der Waals surface area contributed by atoms with E-state index in [1.807, 2.05) is 30.3 Å². The minimum Gasteiger partial charge on any atom is -0.345 e. The molecule has 0 radical (unpaired) electrons. The van der Waals surface area contributed by atoms with Gasteiger partial charge in [0.05, 0.1) is 23.0 Å². The lowest BCUT2D eigenvalue weighted by molar-refractivity contribution is -0.130. The maximum atomic E-state index is 13.1. The third-order valence-corrected chi connectivity index (χ3v) is 5.09. The van der Waals surface area contributed by atoms with E-state index in [0.717, 1.165) is 11.1 Å². The molecule has 0 aromatic heterocycles. The van der Waals surface area contributed by atoms with Gasteiger partial charge >= 0.3 is 0 Å². The van der Waals surface area contributed by atoms with Crippen molar-refractivity contribution in [3.8, 4) is 0 Å². The molecular formula is C24H22ClFN2O2. The number of carbonyl (C=O) groups is 2. The monoisotopic (exact) mass is 424 g/mol. The lowest BCUT2D eigenvalue weighted by Gasteiger charge is -2.23. The fraction of sp³-hybridized carbons (Fsp3) is 0.167. The number of carbonyl (C=O) groups excluding carboxylic acids is 2. The van der Waals surface area contributed by atoms with Crippen LogP contribution in [0.1, 0.15) is 33.9 Å². The molecule has 30 heavy (non-hydrogen) atoms. The average Bonchev–Trinajstić information content (AvgIpc) is 2.75. The summed E-state index contributed by atoms with van der Waals surface area (Å²) in [6.07, 6.45) is 0.0813. The van der Waals surface area contributed by atoms with E-state index in [2.05, 4.69) is 5.32 Å². The van der Waals surface area contributed by atoms with Crippen molar-refractivity contribution in [3.63, 3.8) is 0 Å². The molecule has 0 aliphatic heterocycles. The van der Waals surface area contributed by atoms with Crippen LogP contribution in [0.3, 0.4) is 0 Å². The van der Waals surface area contributed by atoms with Crippen molar-refractivity contribution < 1.29 is 14.0 Å². The van der Waals surface area contributed by atoms with Gasteiger partial charge in [0.15, 0.2) is 0 Å². The summed E-state index contributed by atoms with van der Waals surface area (Å²) < 4.78 is 13.1. The molecule has 0 aliphatic rings. The van der Waals surface area contributed by atoms with Gasteiger partial charge in [-0.15, -0.1) is 0 Å². The molecule has 3 aromatic rings. The van der Waals surface area contributed by atoms with E-state index >= 15 is 0 Å². The number of benzene rings is 3. The van der Waals surface area contributed by atoms with Crippen LogP contribution in [0.5, 0.6) is 0 Å². The summed E-state index contributed by atoms with van der Waals surface area (Å²) in [4.78, 5) is 27.2. The quantitative estimate of drug-likeness (QED) is 0.580. The smallest absolute Gasteiger partial charge is 0.253 e. The Morgan fingerprint density at radius 1 is 0.967 bits per heavy atom. The highest BCUT2D eigenvalue weighted by Gasteiger charge is 2.22. The molecule has 2 amide bonds. The van der Waals surface area contributed by atoms with Gasteiger partial charge in [-0.25, -0.2) is 4.39 Å². The highest BCUT2D eigenvalue weighted by atomic mass is 35.5. The molecule has 3 aromatic carbocycles. The first kappa shape index (κ1) is 21.5. The third kappa shape index (κ3) is 5.67. The molecule has 0 saturated carbocycles. The number of hydrogen-bond donors (Lipinski definition) is 1. The van der Waals surface area contributed by atoms with Gasteiger partial charge in [-0.05, 0) is 35.4 Å². The fourth-order valence-electron chi connectivity index (χ4n) is 3.10. The van der Waals surface area contributed by atoms with Gasteiger partial charge in [0.25, 0.3) is 5.91 Å². The Hall–Kier alpha value is -3.18. The Balaban J connectivity index is 1.74. The number of amides is 2. The lowest BCUT2D eigenvalue weighted by atomic mass is 10.0. The molecule has 154 valence electrons. The summed E-state index contributed by atoms with van der Waals surface area (Å²) in [6.45, 7) is 0.346. The zero-order valence-electron chi connectivity index (χ0n) is 16.5. The summed E-state index contributed by atoms with van der Waals surface area (Å²) in [5.41, 5.74) is 2.00. The van der Waals surface area contributed by atoms with E-state index < -0.39 is 6.04 Å². The second-order valence-electron chi connectivity index (χ2n) is 7.00. The van der Waals surface area contributed by atoms with Gasteiger partial charge in [-0.3, -0.25) is 9.59 Å². The van der Waals surface area contributed by atoms with Crippen molar-refractivity contribution in [3.05, 3.63) is 106 Å². The average molecular weight is 425 g/mol. The van der Waals surface area contributed by atoms with Crippen LogP contribution in [-0.2, 0) is 11.3 Å². The van der Waals surface area contributed by atoms with Crippen LogP contribution < -0.4 is 5.32 Å². The number of nitrogens with zero attached hydrogens (tertiary/aromatic N) is 1. The van der Waals surface area contributed by atoms with E-state index in [9.17, 15) is 14.0 Å². The Morgan fingerprint density at radius 3 is 2.27 bits per heavy atom. The maximum Gasteiger partial charge on any atom is 0.253 e. The Morgan fingerprint density at radius 2 is 1.60 bits per heavy atom. The normalized spacial score (nSPS) is 11.6. The SMILES string of the molecule is CN(Cc1ccc(F)cc1)C(=O)CC(NC(=O)c1ccccc1Cl)c1ccccc1. The Kier molecular flexibility index (Phi) is 7.20. The summed E-state index contributed by atoms with van der Waals surface area (Å²) >= 11 is 6.14. The zero-order valence-corrected chi connectivity index (χ0v) is 17.3. The largest absolute Gasteiger partial charge is 0.345 e. The topological polar surface area (TPSA) is 49.4 Å². The minimum atomic E-state index is -0.516. The summed E-state index contributed by atoms with van der Waals surface area (Å²) in [6, 6.07) is 21.6. The number of halogens is 2. The molecule has 1 unspecified atom stereocenters. The van der Waals surface area contributed by atoms with Gasteiger partial charge in [0.1, 0.15) is 5.82 Å². The molecule has 0 saturated heterocycles. The van der Waals surface area contributed by atoms with E-state index in [-0.39, 0.29) is 24.1 Å². The van der Waals surface area contributed by atoms with Crippen molar-refractivity contribution in [2.75, 3.05) is 7.05 Å². The van der Waals surface area contributed by atoms with Crippen LogP contribution >= 0.6 is 11.6 Å². The summed E-state index contributed by atoms with van der Waals surface area (Å²) in [5, 5.41) is 3.28. The molecule has 3 rings (SSSR count). The van der Waals surface area contributed by atoms with Crippen molar-refractivity contribution in [1.82, 2.24) is 10.2 Å². The first-order chi connectivity index (χ1) is 14.4. The maximum absolute atomic E-state index is 13.1. The second-order valence-corrected chi connectivity index (χ2v) is 7.40. The standard InChI is InChI=1S/C24H22ClFN2O2/c1-28(16-17-11-13-19(26)14-12-17)23(29)15-22(18-7-3-2-4-8-18)27-24(30)20-9-5-6-10-21(20)25/h2-14,22H,15-16H2,1H3,(H,27,30). The van der Waals surface area contributed by atoms with Crippen LogP contribution in [0, 0.1) is 5.82 Å². The van der Waals surface area contributed by atoms with Crippen LogP contribution in [0.25, 0.3) is 0 Å². The molecule has 6 heteroatoms. The van der Waals surface area contributed by atoms with Crippen LogP contribution in [0.2, 0.25) is 5.02 Å². The molecule has 1 N–H and O–H groups in total. The van der Waals surface area contributed by atoms with Crippen molar-refractivity contribution in [1.29, 1.82) is 0 Å². The molecule has 0 fully saturated rings. The van der Waals surface area contributed by atoms with E-state index in [1.165, 1.54) is 12.1 Å². The van der Waals surface area contributed by atoms with E-state index in [4.69, 9.17) is 11.6 Å². The van der Waals surface area contributed by atoms with Gasteiger partial charge in [0.2, 0.25) is 5.91 Å².